The van der Waals surface area contributed by atoms with Crippen LogP contribution in [-0.4, -0.2) is 55.5 Å². The molecule has 0 rings (SSSR count). The molecule has 0 fully saturated rings. The molecule has 7 heteroatoms. The molecule has 0 aliphatic carbocycles. The Morgan fingerprint density at radius 2 is 1.76 bits per heavy atom. The minimum atomic E-state index is -3.03. The van der Waals surface area contributed by atoms with Gasteiger partial charge < -0.3 is 22.8 Å². The Hall–Kier alpha value is -0.733. The summed E-state index contributed by atoms with van der Waals surface area (Å²) in [5.74, 6) is -0.547. The molecule has 0 radical (unpaired) electrons. The Labute approximate surface area is 103 Å². The molecule has 0 aromatic carbocycles. The van der Waals surface area contributed by atoms with E-state index >= 15 is 0 Å². The van der Waals surface area contributed by atoms with Crippen LogP contribution in [0.3, 0.4) is 0 Å². The first-order valence-corrected chi connectivity index (χ1v) is 6.87. The summed E-state index contributed by atoms with van der Waals surface area (Å²) in [4.78, 5) is 11.3. The smallest absolute Gasteiger partial charge is 0.455 e. The van der Waals surface area contributed by atoms with Crippen LogP contribution in [0.4, 0.5) is 0 Å². The highest BCUT2D eigenvalue weighted by Crippen LogP contribution is 2.18. The van der Waals surface area contributed by atoms with Gasteiger partial charge in [-0.15, -0.1) is 0 Å². The van der Waals surface area contributed by atoms with Crippen LogP contribution in [0.5, 0.6) is 0 Å². The van der Waals surface area contributed by atoms with Crippen LogP contribution in [0.1, 0.15) is 6.42 Å². The van der Waals surface area contributed by atoms with Gasteiger partial charge in [-0.25, -0.2) is 4.79 Å². The van der Waals surface area contributed by atoms with Crippen LogP contribution in [-0.2, 0) is 27.5 Å². The zero-order chi connectivity index (χ0) is 13.3. The molecule has 0 saturated heterocycles. The van der Waals surface area contributed by atoms with Crippen molar-refractivity contribution in [3.8, 4) is 0 Å². The molecule has 0 bridgehead atoms. The van der Waals surface area contributed by atoms with E-state index in [2.05, 4.69) is 6.58 Å². The van der Waals surface area contributed by atoms with Crippen molar-refractivity contribution in [1.29, 1.82) is 0 Å². The van der Waals surface area contributed by atoms with Gasteiger partial charge in [0.25, 0.3) is 0 Å². The zero-order valence-corrected chi connectivity index (χ0v) is 11.7. The van der Waals surface area contributed by atoms with Crippen LogP contribution in [0.2, 0.25) is 0 Å². The molecule has 0 aromatic rings. The van der Waals surface area contributed by atoms with Crippen molar-refractivity contribution >= 4 is 14.8 Å². The van der Waals surface area contributed by atoms with E-state index in [-0.39, 0.29) is 0 Å². The lowest BCUT2D eigenvalue weighted by molar-refractivity contribution is -0.143. The topological polar surface area (TPSA) is 63.2 Å². The Morgan fingerprint density at radius 1 is 1.24 bits per heavy atom. The monoisotopic (exact) mass is 264 g/mol. The molecule has 0 saturated carbocycles. The molecule has 1 unspecified atom stereocenters. The molecule has 0 heterocycles. The number of methoxy groups -OCH3 is 1. The molecule has 0 aromatic heterocycles. The quantitative estimate of drug-likeness (QED) is 0.344. The Kier molecular flexibility index (Phi) is 8.01. The third kappa shape index (κ3) is 4.56. The minimum Gasteiger partial charge on any atom is -0.455 e. The van der Waals surface area contributed by atoms with E-state index in [1.54, 1.807) is 7.11 Å². The highest BCUT2D eigenvalue weighted by molar-refractivity contribution is 6.62. The standard InChI is InChI=1S/C10H20O6Si/c1-6-9(11)16-10(7-8-12-2)17(13-3,14-4)15-5/h6,10H,1,7-8H2,2-5H3. The van der Waals surface area contributed by atoms with E-state index < -0.39 is 20.5 Å². The van der Waals surface area contributed by atoms with E-state index in [0.717, 1.165) is 6.08 Å². The van der Waals surface area contributed by atoms with Crippen molar-refractivity contribution in [3.63, 3.8) is 0 Å². The minimum absolute atomic E-state index is 0.403. The van der Waals surface area contributed by atoms with Gasteiger partial charge in [-0.1, -0.05) is 6.58 Å². The fourth-order valence-electron chi connectivity index (χ4n) is 1.37. The average Bonchev–Trinajstić information content (AvgIpc) is 2.37. The average molecular weight is 264 g/mol. The van der Waals surface area contributed by atoms with Gasteiger partial charge in [0, 0.05) is 47.5 Å². The highest BCUT2D eigenvalue weighted by atomic mass is 28.4. The highest BCUT2D eigenvalue weighted by Gasteiger charge is 2.50. The second kappa shape index (κ2) is 8.37. The SMILES string of the molecule is C=CC(=O)OC(CCOC)[Si](OC)(OC)OC. The lowest BCUT2D eigenvalue weighted by atomic mass is 10.5. The fourth-order valence-corrected chi connectivity index (χ4v) is 3.39. The van der Waals surface area contributed by atoms with Crippen molar-refractivity contribution in [2.24, 2.45) is 0 Å². The third-order valence-corrected chi connectivity index (χ3v) is 5.16. The van der Waals surface area contributed by atoms with Crippen LogP contribution in [0, 0.1) is 0 Å². The van der Waals surface area contributed by atoms with Crippen LogP contribution in [0.15, 0.2) is 12.7 Å². The van der Waals surface area contributed by atoms with E-state index in [1.807, 2.05) is 0 Å². The number of esters is 1. The summed E-state index contributed by atoms with van der Waals surface area (Å²) in [6.07, 6.45) is 1.51. The number of ether oxygens (including phenoxy) is 2. The lowest BCUT2D eigenvalue weighted by Gasteiger charge is -2.31. The van der Waals surface area contributed by atoms with E-state index in [9.17, 15) is 4.79 Å². The van der Waals surface area contributed by atoms with Crippen LogP contribution >= 0.6 is 0 Å². The second-order valence-corrected chi connectivity index (χ2v) is 6.20. The van der Waals surface area contributed by atoms with E-state index in [4.69, 9.17) is 22.8 Å². The maximum absolute atomic E-state index is 11.3. The molecule has 0 amide bonds. The van der Waals surface area contributed by atoms with Gasteiger partial charge in [-0.05, 0) is 0 Å². The van der Waals surface area contributed by atoms with Gasteiger partial charge in [0.2, 0.25) is 0 Å². The van der Waals surface area contributed by atoms with Gasteiger partial charge in [0.15, 0.2) is 5.73 Å². The fraction of sp³-hybridized carbons (Fsp3) is 0.700. The molecule has 1 atom stereocenters. The van der Waals surface area contributed by atoms with Gasteiger partial charge in [-0.2, -0.15) is 0 Å². The Bertz CT molecular complexity index is 233. The van der Waals surface area contributed by atoms with Crippen molar-refractivity contribution in [2.45, 2.75) is 12.1 Å². The molecule has 6 nitrogen and oxygen atoms in total. The normalized spacial score (nSPS) is 13.2. The first-order valence-electron chi connectivity index (χ1n) is 5.07. The second-order valence-electron chi connectivity index (χ2n) is 3.13. The number of rotatable bonds is 9. The summed E-state index contributed by atoms with van der Waals surface area (Å²) in [6, 6.07) is 0. The van der Waals surface area contributed by atoms with E-state index in [1.165, 1.54) is 21.3 Å². The van der Waals surface area contributed by atoms with Gasteiger partial charge in [0.05, 0.1) is 0 Å². The summed E-state index contributed by atoms with van der Waals surface area (Å²) < 4.78 is 25.9. The first kappa shape index (κ1) is 16.3. The summed E-state index contributed by atoms with van der Waals surface area (Å²) in [7, 11) is 2.90. The van der Waals surface area contributed by atoms with Crippen LogP contribution < -0.4 is 0 Å². The molecule has 100 valence electrons. The summed E-state index contributed by atoms with van der Waals surface area (Å²) in [6.45, 7) is 3.74. The Morgan fingerprint density at radius 3 is 2.12 bits per heavy atom. The number of hydrogen-bond acceptors (Lipinski definition) is 6. The predicted octanol–water partition coefficient (Wildman–Crippen LogP) is 0.538. The van der Waals surface area contributed by atoms with E-state index in [0.29, 0.717) is 13.0 Å². The van der Waals surface area contributed by atoms with Crippen molar-refractivity contribution in [3.05, 3.63) is 12.7 Å². The van der Waals surface area contributed by atoms with Gasteiger partial charge >= 0.3 is 14.8 Å². The Balaban J connectivity index is 4.83. The molecular weight excluding hydrogens is 244 g/mol. The maximum atomic E-state index is 11.3. The number of hydrogen-bond donors (Lipinski definition) is 0. The van der Waals surface area contributed by atoms with Crippen molar-refractivity contribution in [2.75, 3.05) is 35.0 Å². The zero-order valence-electron chi connectivity index (χ0n) is 10.7. The predicted molar refractivity (Wildman–Crippen MR) is 63.4 cm³/mol. The molecule has 0 N–H and O–H groups in total. The van der Waals surface area contributed by atoms with Gasteiger partial charge in [0.1, 0.15) is 0 Å². The summed E-state index contributed by atoms with van der Waals surface area (Å²) in [5, 5.41) is 0. The first-order chi connectivity index (χ1) is 8.10. The summed E-state index contributed by atoms with van der Waals surface area (Å²) in [5.41, 5.74) is -0.618. The van der Waals surface area contributed by atoms with Crippen molar-refractivity contribution in [1.82, 2.24) is 0 Å². The summed E-state index contributed by atoms with van der Waals surface area (Å²) >= 11 is 0. The molecule has 0 spiro atoms. The maximum Gasteiger partial charge on any atom is 0.543 e. The molecule has 0 aliphatic heterocycles. The lowest BCUT2D eigenvalue weighted by Crippen LogP contribution is -2.56. The van der Waals surface area contributed by atoms with Gasteiger partial charge in [-0.3, -0.25) is 0 Å². The number of carbonyl (C=O) groups excluding carboxylic acids is 1. The van der Waals surface area contributed by atoms with Crippen LogP contribution in [0.25, 0.3) is 0 Å². The third-order valence-electron chi connectivity index (χ3n) is 2.26. The molecule has 17 heavy (non-hydrogen) atoms. The largest absolute Gasteiger partial charge is 0.543 e. The molecule has 0 aliphatic rings. The molecular formula is C10H20O6Si. The number of carbonyl (C=O) groups is 1. The van der Waals surface area contributed by atoms with Crippen molar-refractivity contribution < 1.29 is 27.5 Å².